The van der Waals surface area contributed by atoms with Gasteiger partial charge in [-0.25, -0.2) is 0 Å². The van der Waals surface area contributed by atoms with Gasteiger partial charge in [-0.2, -0.15) is 18.4 Å². The highest BCUT2D eigenvalue weighted by Crippen LogP contribution is 2.33. The van der Waals surface area contributed by atoms with Crippen molar-refractivity contribution in [2.75, 3.05) is 18.4 Å². The summed E-state index contributed by atoms with van der Waals surface area (Å²) < 4.78 is 38.3. The minimum Gasteiger partial charge on any atom is -0.326 e. The van der Waals surface area contributed by atoms with Crippen LogP contribution in [0.2, 0.25) is 0 Å². The van der Waals surface area contributed by atoms with Gasteiger partial charge < -0.3 is 10.6 Å². The van der Waals surface area contributed by atoms with Crippen LogP contribution in [0, 0.1) is 17.2 Å². The van der Waals surface area contributed by atoms with Gasteiger partial charge in [0.2, 0.25) is 5.91 Å². The van der Waals surface area contributed by atoms with Crippen molar-refractivity contribution in [2.45, 2.75) is 12.6 Å². The number of amides is 1. The Bertz CT molecular complexity index is 559. The average Bonchev–Trinajstić information content (AvgIpc) is 2.33. The lowest BCUT2D eigenvalue weighted by Gasteiger charge is -2.26. The summed E-state index contributed by atoms with van der Waals surface area (Å²) in [5.74, 6) is -0.0928. The zero-order valence-electron chi connectivity index (χ0n) is 10.4. The highest BCUT2D eigenvalue weighted by atomic mass is 19.4. The second-order valence-electron chi connectivity index (χ2n) is 4.65. The monoisotopic (exact) mass is 283 g/mol. The van der Waals surface area contributed by atoms with Gasteiger partial charge in [-0.15, -0.1) is 0 Å². The summed E-state index contributed by atoms with van der Waals surface area (Å²) in [7, 11) is 0. The molecule has 0 unspecified atom stereocenters. The van der Waals surface area contributed by atoms with Crippen LogP contribution >= 0.6 is 0 Å². The molecule has 1 heterocycles. The molecule has 2 N–H and O–H groups in total. The predicted octanol–water partition coefficient (Wildman–Crippen LogP) is 2.13. The molecule has 1 saturated heterocycles. The van der Waals surface area contributed by atoms with Crippen molar-refractivity contribution in [1.29, 1.82) is 5.26 Å². The number of hydrogen-bond donors (Lipinski definition) is 2. The number of nitrogens with one attached hydrogen (secondary N) is 2. The van der Waals surface area contributed by atoms with E-state index >= 15 is 0 Å². The number of halogens is 3. The van der Waals surface area contributed by atoms with Crippen molar-refractivity contribution in [3.05, 3.63) is 29.3 Å². The van der Waals surface area contributed by atoms with Crippen LogP contribution in [-0.4, -0.2) is 19.0 Å². The molecule has 0 aliphatic carbocycles. The highest BCUT2D eigenvalue weighted by Gasteiger charge is 2.34. The molecule has 4 nitrogen and oxygen atoms in total. The predicted molar refractivity (Wildman–Crippen MR) is 65.8 cm³/mol. The smallest absolute Gasteiger partial charge is 0.326 e. The fourth-order valence-corrected chi connectivity index (χ4v) is 1.92. The number of nitrogens with zero attached hydrogens (tertiary/aromatic N) is 1. The maximum atomic E-state index is 12.8. The summed E-state index contributed by atoms with van der Waals surface area (Å²) in [5, 5.41) is 14.1. The molecule has 2 rings (SSSR count). The Balaban J connectivity index is 2.12. The Labute approximate surface area is 113 Å². The van der Waals surface area contributed by atoms with E-state index in [4.69, 9.17) is 5.26 Å². The summed E-state index contributed by atoms with van der Waals surface area (Å²) in [4.78, 5) is 11.6. The molecular formula is C13H12F3N3O. The fraction of sp³-hybridized carbons (Fsp3) is 0.385. The molecule has 0 bridgehead atoms. The van der Waals surface area contributed by atoms with Gasteiger partial charge in [-0.3, -0.25) is 4.79 Å². The molecule has 106 valence electrons. The Morgan fingerprint density at radius 1 is 1.45 bits per heavy atom. The van der Waals surface area contributed by atoms with Gasteiger partial charge in [0.15, 0.2) is 0 Å². The van der Waals surface area contributed by atoms with Crippen LogP contribution in [0.25, 0.3) is 0 Å². The first-order valence-electron chi connectivity index (χ1n) is 6.02. The lowest BCUT2D eigenvalue weighted by molar-refractivity contribution is -0.137. The molecule has 1 fully saturated rings. The van der Waals surface area contributed by atoms with Crippen LogP contribution in [0.1, 0.15) is 17.5 Å². The minimum atomic E-state index is -4.62. The molecule has 1 aliphatic heterocycles. The summed E-state index contributed by atoms with van der Waals surface area (Å²) in [6, 6.07) is 4.63. The summed E-state index contributed by atoms with van der Waals surface area (Å²) >= 11 is 0. The Kier molecular flexibility index (Phi) is 3.95. The third kappa shape index (κ3) is 3.27. The molecule has 0 radical (unpaired) electrons. The van der Waals surface area contributed by atoms with Crippen LogP contribution in [0.3, 0.4) is 0 Å². The lowest BCUT2D eigenvalue weighted by Crippen LogP contribution is -2.43. The third-order valence-corrected chi connectivity index (χ3v) is 3.07. The quantitative estimate of drug-likeness (QED) is 0.893. The van der Waals surface area contributed by atoms with E-state index in [9.17, 15) is 18.0 Å². The van der Waals surface area contributed by atoms with Gasteiger partial charge in [0.05, 0.1) is 17.2 Å². The zero-order chi connectivity index (χ0) is 14.8. The van der Waals surface area contributed by atoms with Gasteiger partial charge >= 0.3 is 6.18 Å². The summed E-state index contributed by atoms with van der Waals surface area (Å²) in [5.41, 5.74) is -1.45. The number of alkyl halides is 3. The largest absolute Gasteiger partial charge is 0.417 e. The molecule has 1 amide bonds. The molecule has 7 heteroatoms. The average molecular weight is 283 g/mol. The van der Waals surface area contributed by atoms with E-state index < -0.39 is 17.3 Å². The van der Waals surface area contributed by atoms with E-state index in [0.29, 0.717) is 0 Å². The van der Waals surface area contributed by atoms with Gasteiger partial charge in [-0.1, -0.05) is 0 Å². The maximum Gasteiger partial charge on any atom is 0.417 e. The van der Waals surface area contributed by atoms with Crippen LogP contribution in [0.15, 0.2) is 18.2 Å². The molecule has 1 aromatic rings. The number of hydrogen-bond acceptors (Lipinski definition) is 3. The van der Waals surface area contributed by atoms with Crippen LogP contribution < -0.4 is 10.6 Å². The van der Waals surface area contributed by atoms with Crippen molar-refractivity contribution in [3.63, 3.8) is 0 Å². The Morgan fingerprint density at radius 2 is 2.15 bits per heavy atom. The van der Waals surface area contributed by atoms with E-state index in [1.807, 2.05) is 0 Å². The molecule has 0 saturated carbocycles. The van der Waals surface area contributed by atoms with Crippen molar-refractivity contribution in [3.8, 4) is 6.07 Å². The first-order valence-corrected chi connectivity index (χ1v) is 6.02. The second kappa shape index (κ2) is 5.51. The van der Waals surface area contributed by atoms with Crippen LogP contribution in [-0.2, 0) is 11.0 Å². The number of carbonyl (C=O) groups excluding carboxylic acids is 1. The molecule has 0 spiro atoms. The topological polar surface area (TPSA) is 64.9 Å². The number of nitriles is 1. The van der Waals surface area contributed by atoms with E-state index in [1.165, 1.54) is 12.1 Å². The maximum absolute atomic E-state index is 12.8. The van der Waals surface area contributed by atoms with E-state index in [1.54, 1.807) is 0 Å². The molecule has 20 heavy (non-hydrogen) atoms. The zero-order valence-corrected chi connectivity index (χ0v) is 10.4. The van der Waals surface area contributed by atoms with Crippen LogP contribution in [0.4, 0.5) is 18.9 Å². The molecule has 0 aromatic heterocycles. The molecule has 1 aromatic carbocycles. The summed E-state index contributed by atoms with van der Waals surface area (Å²) in [6.45, 7) is 1.49. The highest BCUT2D eigenvalue weighted by molar-refractivity contribution is 5.91. The minimum absolute atomic E-state index is 0.0496. The van der Waals surface area contributed by atoms with Gasteiger partial charge in [0.1, 0.15) is 0 Å². The number of rotatable bonds is 3. The van der Waals surface area contributed by atoms with E-state index in [-0.39, 0.29) is 23.9 Å². The van der Waals surface area contributed by atoms with E-state index in [0.717, 1.165) is 25.2 Å². The number of benzene rings is 1. The molecular weight excluding hydrogens is 271 g/mol. The SMILES string of the molecule is N#Cc1ccc(NC(=O)CC2CNC2)cc1C(F)(F)F. The summed E-state index contributed by atoms with van der Waals surface area (Å²) in [6.07, 6.45) is -4.35. The molecule has 1 aliphatic rings. The van der Waals surface area contributed by atoms with Crippen molar-refractivity contribution in [2.24, 2.45) is 5.92 Å². The van der Waals surface area contributed by atoms with Crippen molar-refractivity contribution in [1.82, 2.24) is 5.32 Å². The number of anilines is 1. The fourth-order valence-electron chi connectivity index (χ4n) is 1.92. The Morgan fingerprint density at radius 3 is 2.65 bits per heavy atom. The van der Waals surface area contributed by atoms with Gasteiger partial charge in [0.25, 0.3) is 0 Å². The second-order valence-corrected chi connectivity index (χ2v) is 4.65. The van der Waals surface area contributed by atoms with E-state index in [2.05, 4.69) is 10.6 Å². The normalized spacial score (nSPS) is 15.3. The third-order valence-electron chi connectivity index (χ3n) is 3.07. The standard InChI is InChI=1S/C13H12F3N3O/c14-13(15,16)11-4-10(2-1-9(11)5-17)19-12(20)3-8-6-18-7-8/h1-2,4,8,18H,3,6-7H2,(H,19,20). The molecule has 0 atom stereocenters. The van der Waals surface area contributed by atoms with Gasteiger partial charge in [-0.05, 0) is 37.2 Å². The first-order chi connectivity index (χ1) is 9.40. The Hall–Kier alpha value is -2.07. The van der Waals surface area contributed by atoms with Crippen molar-refractivity contribution >= 4 is 11.6 Å². The lowest BCUT2D eigenvalue weighted by atomic mass is 9.99. The van der Waals surface area contributed by atoms with Gasteiger partial charge in [0, 0.05) is 12.1 Å². The number of carbonyl (C=O) groups is 1. The van der Waals surface area contributed by atoms with Crippen molar-refractivity contribution < 1.29 is 18.0 Å². The van der Waals surface area contributed by atoms with Crippen LogP contribution in [0.5, 0.6) is 0 Å². The first kappa shape index (κ1) is 14.3.